The van der Waals surface area contributed by atoms with E-state index in [0.29, 0.717) is 31.0 Å². The molecule has 0 radical (unpaired) electrons. The second-order valence-corrected chi connectivity index (χ2v) is 6.93. The van der Waals surface area contributed by atoms with Gasteiger partial charge in [-0.3, -0.25) is 0 Å². The number of ether oxygens (including phenoxy) is 2. The number of benzene rings is 1. The first-order chi connectivity index (χ1) is 10.9. The van der Waals surface area contributed by atoms with Gasteiger partial charge in [-0.1, -0.05) is 47.6 Å². The van der Waals surface area contributed by atoms with Crippen molar-refractivity contribution in [3.63, 3.8) is 0 Å². The Labute approximate surface area is 142 Å². The normalized spacial score (nSPS) is 12.0. The topological polar surface area (TPSA) is 18.5 Å². The minimum absolute atomic E-state index is 0.398. The van der Waals surface area contributed by atoms with Crippen LogP contribution < -0.4 is 9.47 Å². The zero-order valence-electron chi connectivity index (χ0n) is 15.6. The van der Waals surface area contributed by atoms with E-state index in [9.17, 15) is 0 Å². The van der Waals surface area contributed by atoms with Gasteiger partial charge < -0.3 is 9.47 Å². The highest BCUT2D eigenvalue weighted by molar-refractivity contribution is 5.44. The fourth-order valence-corrected chi connectivity index (χ4v) is 2.04. The summed E-state index contributed by atoms with van der Waals surface area (Å²) in [6, 6.07) is 6.30. The summed E-state index contributed by atoms with van der Waals surface area (Å²) in [6.45, 7) is 14.3. The highest BCUT2D eigenvalue weighted by atomic mass is 16.5. The van der Waals surface area contributed by atoms with Crippen LogP contribution in [0.15, 0.2) is 18.2 Å². The predicted molar refractivity (Wildman–Crippen MR) is 98.2 cm³/mol. The molecule has 0 bridgehead atoms. The highest BCUT2D eigenvalue weighted by Crippen LogP contribution is 2.32. The summed E-state index contributed by atoms with van der Waals surface area (Å²) in [7, 11) is 0. The average Bonchev–Trinajstić information content (AvgIpc) is 2.51. The molecule has 0 aliphatic heterocycles. The maximum atomic E-state index is 5.99. The van der Waals surface area contributed by atoms with Gasteiger partial charge in [0.2, 0.25) is 0 Å². The highest BCUT2D eigenvalue weighted by Gasteiger charge is 2.12. The van der Waals surface area contributed by atoms with Gasteiger partial charge in [-0.25, -0.2) is 0 Å². The molecule has 1 aromatic rings. The fourth-order valence-electron chi connectivity index (χ4n) is 2.04. The standard InChI is InChI=1S/C21H32O2/c1-7-8-9-10-18(6)19-11-12-20(22-14-16(2)3)21(13-19)23-15-17(4)5/h11-13,16-18H,7,10,14-15H2,1-6H3. The molecule has 0 aromatic heterocycles. The lowest BCUT2D eigenvalue weighted by atomic mass is 9.97. The van der Waals surface area contributed by atoms with Crippen molar-refractivity contribution in [3.05, 3.63) is 23.8 Å². The first kappa shape index (κ1) is 19.4. The summed E-state index contributed by atoms with van der Waals surface area (Å²) >= 11 is 0. The van der Waals surface area contributed by atoms with Gasteiger partial charge in [0.15, 0.2) is 11.5 Å². The Kier molecular flexibility index (Phi) is 8.62. The van der Waals surface area contributed by atoms with Crippen molar-refractivity contribution < 1.29 is 9.47 Å². The summed E-state index contributed by atoms with van der Waals surface area (Å²) in [5.74, 6) is 9.46. The largest absolute Gasteiger partial charge is 0.489 e. The molecule has 1 unspecified atom stereocenters. The Morgan fingerprint density at radius 2 is 1.48 bits per heavy atom. The molecule has 0 saturated heterocycles. The summed E-state index contributed by atoms with van der Waals surface area (Å²) < 4.78 is 11.9. The molecule has 0 amide bonds. The maximum absolute atomic E-state index is 5.99. The van der Waals surface area contributed by atoms with Crippen LogP contribution in [0.1, 0.15) is 65.9 Å². The SMILES string of the molecule is CCC#CCC(C)c1ccc(OCC(C)C)c(OCC(C)C)c1. The van der Waals surface area contributed by atoms with Crippen LogP contribution in [0, 0.1) is 23.7 Å². The lowest BCUT2D eigenvalue weighted by Crippen LogP contribution is -2.09. The second-order valence-electron chi connectivity index (χ2n) is 6.93. The number of hydrogen-bond acceptors (Lipinski definition) is 2. The summed E-state index contributed by atoms with van der Waals surface area (Å²) in [5.41, 5.74) is 1.26. The van der Waals surface area contributed by atoms with Gasteiger partial charge in [-0.05, 0) is 35.4 Å². The Morgan fingerprint density at radius 1 is 0.870 bits per heavy atom. The third-order valence-corrected chi connectivity index (χ3v) is 3.39. The Bertz CT molecular complexity index is 520. The van der Waals surface area contributed by atoms with Gasteiger partial charge in [-0.2, -0.15) is 0 Å². The summed E-state index contributed by atoms with van der Waals surface area (Å²) in [4.78, 5) is 0. The minimum Gasteiger partial charge on any atom is -0.489 e. The molecule has 1 rings (SSSR count). The third-order valence-electron chi connectivity index (χ3n) is 3.39. The van der Waals surface area contributed by atoms with Crippen LogP contribution in [-0.4, -0.2) is 13.2 Å². The van der Waals surface area contributed by atoms with Crippen LogP contribution >= 0.6 is 0 Å². The van der Waals surface area contributed by atoms with Crippen molar-refractivity contribution in [3.8, 4) is 23.3 Å². The molecule has 2 heteroatoms. The third kappa shape index (κ3) is 7.46. The van der Waals surface area contributed by atoms with Crippen molar-refractivity contribution in [2.24, 2.45) is 11.8 Å². The monoisotopic (exact) mass is 316 g/mol. The van der Waals surface area contributed by atoms with Gasteiger partial charge in [0.05, 0.1) is 13.2 Å². The van der Waals surface area contributed by atoms with Gasteiger partial charge in [-0.15, -0.1) is 11.8 Å². The molecule has 0 aliphatic rings. The van der Waals surface area contributed by atoms with Crippen LogP contribution in [0.5, 0.6) is 11.5 Å². The maximum Gasteiger partial charge on any atom is 0.161 e. The lowest BCUT2D eigenvalue weighted by molar-refractivity contribution is 0.229. The van der Waals surface area contributed by atoms with E-state index in [4.69, 9.17) is 9.47 Å². The van der Waals surface area contributed by atoms with E-state index in [1.54, 1.807) is 0 Å². The molecule has 0 heterocycles. The fraction of sp³-hybridized carbons (Fsp3) is 0.619. The molecule has 1 aromatic carbocycles. The van der Waals surface area contributed by atoms with Gasteiger partial charge >= 0.3 is 0 Å². The van der Waals surface area contributed by atoms with Gasteiger partial charge in [0, 0.05) is 12.8 Å². The van der Waals surface area contributed by atoms with Crippen molar-refractivity contribution >= 4 is 0 Å². The second kappa shape index (κ2) is 10.2. The molecule has 1 atom stereocenters. The zero-order valence-corrected chi connectivity index (χ0v) is 15.6. The van der Waals surface area contributed by atoms with Gasteiger partial charge in [0.25, 0.3) is 0 Å². The molecule has 0 saturated carbocycles. The molecule has 128 valence electrons. The van der Waals surface area contributed by atoms with E-state index in [0.717, 1.165) is 24.3 Å². The summed E-state index contributed by atoms with van der Waals surface area (Å²) in [6.07, 6.45) is 1.79. The first-order valence-electron chi connectivity index (χ1n) is 8.79. The van der Waals surface area contributed by atoms with E-state index < -0.39 is 0 Å². The molecule has 0 fully saturated rings. The molecule has 0 spiro atoms. The molecule has 0 aliphatic carbocycles. The number of hydrogen-bond donors (Lipinski definition) is 0. The van der Waals surface area contributed by atoms with E-state index >= 15 is 0 Å². The first-order valence-corrected chi connectivity index (χ1v) is 8.79. The quantitative estimate of drug-likeness (QED) is 0.576. The van der Waals surface area contributed by atoms with Crippen LogP contribution in [0.25, 0.3) is 0 Å². The van der Waals surface area contributed by atoms with Crippen LogP contribution in [0.4, 0.5) is 0 Å². The smallest absolute Gasteiger partial charge is 0.161 e. The van der Waals surface area contributed by atoms with Crippen molar-refractivity contribution in [1.82, 2.24) is 0 Å². The van der Waals surface area contributed by atoms with Crippen molar-refractivity contribution in [1.29, 1.82) is 0 Å². The van der Waals surface area contributed by atoms with E-state index in [1.165, 1.54) is 5.56 Å². The molecular weight excluding hydrogens is 284 g/mol. The minimum atomic E-state index is 0.398. The molecule has 0 N–H and O–H groups in total. The van der Waals surface area contributed by atoms with E-state index in [1.807, 2.05) is 6.07 Å². The van der Waals surface area contributed by atoms with Crippen LogP contribution in [-0.2, 0) is 0 Å². The van der Waals surface area contributed by atoms with Crippen molar-refractivity contribution in [2.45, 2.75) is 60.3 Å². The molecule has 23 heavy (non-hydrogen) atoms. The van der Waals surface area contributed by atoms with Crippen molar-refractivity contribution in [2.75, 3.05) is 13.2 Å². The lowest BCUT2D eigenvalue weighted by Gasteiger charge is -2.18. The molecular formula is C21H32O2. The Morgan fingerprint density at radius 3 is 2.04 bits per heavy atom. The Balaban J connectivity index is 2.90. The van der Waals surface area contributed by atoms with E-state index in [-0.39, 0.29) is 0 Å². The van der Waals surface area contributed by atoms with Crippen LogP contribution in [0.2, 0.25) is 0 Å². The predicted octanol–water partition coefficient (Wildman–Crippen LogP) is 5.66. The van der Waals surface area contributed by atoms with Gasteiger partial charge in [0.1, 0.15) is 0 Å². The van der Waals surface area contributed by atoms with E-state index in [2.05, 4.69) is 65.5 Å². The van der Waals surface area contributed by atoms with Crippen LogP contribution in [0.3, 0.4) is 0 Å². The zero-order chi connectivity index (χ0) is 17.2. The molecule has 2 nitrogen and oxygen atoms in total. The average molecular weight is 316 g/mol. The number of rotatable bonds is 8. The Hall–Kier alpha value is -1.62. The summed E-state index contributed by atoms with van der Waals surface area (Å²) in [5, 5.41) is 0.